The van der Waals surface area contributed by atoms with Gasteiger partial charge in [-0.2, -0.15) is 0 Å². The van der Waals surface area contributed by atoms with Crippen molar-refractivity contribution in [2.24, 2.45) is 0 Å². The average Bonchev–Trinajstić information content (AvgIpc) is 2.26. The van der Waals surface area contributed by atoms with Crippen LogP contribution in [0.15, 0.2) is 6.07 Å². The number of carboxylic acids is 1. The highest BCUT2D eigenvalue weighted by atomic mass is 19.1. The smallest absolute Gasteiger partial charge is 0.339 e. The summed E-state index contributed by atoms with van der Waals surface area (Å²) in [7, 11) is 1.29. The van der Waals surface area contributed by atoms with Crippen LogP contribution in [0.25, 0.3) is 0 Å². The number of halogens is 1. The summed E-state index contributed by atoms with van der Waals surface area (Å²) in [6.07, 6.45) is 3.37. The Morgan fingerprint density at radius 1 is 1.44 bits per heavy atom. The zero-order chi connectivity index (χ0) is 11.7. The zero-order valence-corrected chi connectivity index (χ0v) is 9.05. The molecule has 1 aromatic carbocycles. The third kappa shape index (κ3) is 1.64. The Morgan fingerprint density at radius 3 is 2.75 bits per heavy atom. The molecule has 0 aromatic heterocycles. The van der Waals surface area contributed by atoms with Crippen LogP contribution in [0.3, 0.4) is 0 Å². The molecule has 16 heavy (non-hydrogen) atoms. The van der Waals surface area contributed by atoms with Crippen LogP contribution in [-0.2, 0) is 12.8 Å². The Kier molecular flexibility index (Phi) is 2.81. The van der Waals surface area contributed by atoms with Crippen molar-refractivity contribution in [2.75, 3.05) is 7.11 Å². The third-order valence-electron chi connectivity index (χ3n) is 2.98. The number of carboxylic acid groups (broad SMARTS) is 1. The van der Waals surface area contributed by atoms with Crippen molar-refractivity contribution in [3.8, 4) is 5.75 Å². The minimum atomic E-state index is -1.12. The first-order valence-corrected chi connectivity index (χ1v) is 5.26. The molecule has 1 N–H and O–H groups in total. The molecule has 0 unspecified atom stereocenters. The van der Waals surface area contributed by atoms with Crippen LogP contribution in [0, 0.1) is 5.82 Å². The van der Waals surface area contributed by atoms with E-state index in [9.17, 15) is 9.18 Å². The van der Waals surface area contributed by atoms with Crippen molar-refractivity contribution in [3.05, 3.63) is 28.6 Å². The van der Waals surface area contributed by atoms with Crippen molar-refractivity contribution in [3.63, 3.8) is 0 Å². The molecule has 2 rings (SSSR count). The first-order valence-electron chi connectivity index (χ1n) is 5.26. The van der Waals surface area contributed by atoms with Gasteiger partial charge in [0.15, 0.2) is 11.6 Å². The van der Waals surface area contributed by atoms with Crippen LogP contribution in [0.5, 0.6) is 5.75 Å². The van der Waals surface area contributed by atoms with E-state index >= 15 is 0 Å². The molecule has 0 bridgehead atoms. The van der Waals surface area contributed by atoms with Crippen LogP contribution in [-0.4, -0.2) is 18.2 Å². The number of rotatable bonds is 2. The lowest BCUT2D eigenvalue weighted by atomic mass is 9.87. The van der Waals surface area contributed by atoms with Gasteiger partial charge in [0, 0.05) is 0 Å². The Hall–Kier alpha value is -1.58. The molecule has 0 saturated heterocycles. The van der Waals surface area contributed by atoms with Gasteiger partial charge in [-0.05, 0) is 42.9 Å². The molecule has 0 atom stereocenters. The summed E-state index contributed by atoms with van der Waals surface area (Å²) in [5, 5.41) is 9.13. The van der Waals surface area contributed by atoms with E-state index in [-0.39, 0.29) is 11.3 Å². The highest BCUT2D eigenvalue weighted by Gasteiger charge is 2.25. The Morgan fingerprint density at radius 2 is 2.12 bits per heavy atom. The second-order valence-corrected chi connectivity index (χ2v) is 3.92. The Balaban J connectivity index is 2.68. The van der Waals surface area contributed by atoms with E-state index in [1.54, 1.807) is 0 Å². The van der Waals surface area contributed by atoms with Gasteiger partial charge in [-0.1, -0.05) is 0 Å². The van der Waals surface area contributed by atoms with Gasteiger partial charge in [0.1, 0.15) is 5.56 Å². The van der Waals surface area contributed by atoms with Crippen LogP contribution in [0.4, 0.5) is 4.39 Å². The van der Waals surface area contributed by atoms with Crippen LogP contribution < -0.4 is 4.74 Å². The van der Waals surface area contributed by atoms with Crippen molar-refractivity contribution in [1.29, 1.82) is 0 Å². The molecule has 0 saturated carbocycles. The molecular weight excluding hydrogens is 211 g/mol. The maximum Gasteiger partial charge on any atom is 0.339 e. The average molecular weight is 224 g/mol. The van der Waals surface area contributed by atoms with Gasteiger partial charge < -0.3 is 9.84 Å². The molecule has 1 aliphatic rings. The summed E-state index contributed by atoms with van der Waals surface area (Å²) in [6.45, 7) is 0. The number of carbonyl (C=O) groups is 1. The summed E-state index contributed by atoms with van der Waals surface area (Å²) in [5.74, 6) is -1.84. The molecule has 0 amide bonds. The number of aromatic carboxylic acids is 1. The normalized spacial score (nSPS) is 14.4. The van der Waals surface area contributed by atoms with Crippen LogP contribution >= 0.6 is 0 Å². The lowest BCUT2D eigenvalue weighted by Crippen LogP contribution is -2.13. The SMILES string of the molecule is COc1c(F)cc2c(c1C(=O)O)CCCC2. The van der Waals surface area contributed by atoms with Gasteiger partial charge in [-0.25, -0.2) is 9.18 Å². The first-order chi connectivity index (χ1) is 7.65. The highest BCUT2D eigenvalue weighted by Crippen LogP contribution is 2.33. The van der Waals surface area contributed by atoms with Gasteiger partial charge in [-0.15, -0.1) is 0 Å². The van der Waals surface area contributed by atoms with Crippen molar-refractivity contribution in [1.82, 2.24) is 0 Å². The molecule has 4 heteroatoms. The van der Waals surface area contributed by atoms with Crippen molar-refractivity contribution >= 4 is 5.97 Å². The van der Waals surface area contributed by atoms with Crippen molar-refractivity contribution < 1.29 is 19.0 Å². The second-order valence-electron chi connectivity index (χ2n) is 3.92. The number of aryl methyl sites for hydroxylation is 1. The lowest BCUT2D eigenvalue weighted by molar-refractivity contribution is 0.0690. The highest BCUT2D eigenvalue weighted by molar-refractivity contribution is 5.93. The van der Waals surface area contributed by atoms with E-state index in [0.29, 0.717) is 6.42 Å². The fourth-order valence-corrected chi connectivity index (χ4v) is 2.27. The van der Waals surface area contributed by atoms with E-state index in [1.165, 1.54) is 13.2 Å². The monoisotopic (exact) mass is 224 g/mol. The first kappa shape index (κ1) is 10.9. The van der Waals surface area contributed by atoms with E-state index in [1.807, 2.05) is 0 Å². The molecule has 0 radical (unpaired) electrons. The third-order valence-corrected chi connectivity index (χ3v) is 2.98. The number of hydrogen-bond donors (Lipinski definition) is 1. The maximum atomic E-state index is 13.6. The van der Waals surface area contributed by atoms with Crippen LogP contribution in [0.1, 0.15) is 34.3 Å². The minimum Gasteiger partial charge on any atom is -0.493 e. The standard InChI is InChI=1S/C12H13FO3/c1-16-11-9(13)6-7-4-2-3-5-8(7)10(11)12(14)15/h6H,2-5H2,1H3,(H,14,15). The molecule has 3 nitrogen and oxygen atoms in total. The molecule has 0 aliphatic heterocycles. The number of methoxy groups -OCH3 is 1. The maximum absolute atomic E-state index is 13.6. The zero-order valence-electron chi connectivity index (χ0n) is 9.05. The van der Waals surface area contributed by atoms with Gasteiger partial charge >= 0.3 is 5.97 Å². The second kappa shape index (κ2) is 4.12. The molecule has 1 aliphatic carbocycles. The van der Waals surface area contributed by atoms with E-state index in [4.69, 9.17) is 9.84 Å². The quantitative estimate of drug-likeness (QED) is 0.839. The van der Waals surface area contributed by atoms with Crippen molar-refractivity contribution in [2.45, 2.75) is 25.7 Å². The molecule has 0 fully saturated rings. The summed E-state index contributed by atoms with van der Waals surface area (Å²) in [6, 6.07) is 1.40. The topological polar surface area (TPSA) is 46.5 Å². The molecule has 1 aromatic rings. The Labute approximate surface area is 92.9 Å². The number of fused-ring (bicyclic) bond motifs is 1. The van der Waals surface area contributed by atoms with E-state index in [2.05, 4.69) is 0 Å². The fraction of sp³-hybridized carbons (Fsp3) is 0.417. The fourth-order valence-electron chi connectivity index (χ4n) is 2.27. The van der Waals surface area contributed by atoms with Crippen LogP contribution in [0.2, 0.25) is 0 Å². The predicted molar refractivity (Wildman–Crippen MR) is 56.6 cm³/mol. The largest absolute Gasteiger partial charge is 0.493 e. The molecular formula is C12H13FO3. The molecule has 86 valence electrons. The van der Waals surface area contributed by atoms with Gasteiger partial charge in [0.2, 0.25) is 0 Å². The molecule has 0 heterocycles. The summed E-state index contributed by atoms with van der Waals surface area (Å²) in [5.41, 5.74) is 1.54. The summed E-state index contributed by atoms with van der Waals surface area (Å²) >= 11 is 0. The van der Waals surface area contributed by atoms with Gasteiger partial charge in [0.05, 0.1) is 7.11 Å². The van der Waals surface area contributed by atoms with E-state index in [0.717, 1.165) is 30.4 Å². The number of hydrogen-bond acceptors (Lipinski definition) is 2. The number of benzene rings is 1. The summed E-state index contributed by atoms with van der Waals surface area (Å²) in [4.78, 5) is 11.2. The van der Waals surface area contributed by atoms with Gasteiger partial charge in [-0.3, -0.25) is 0 Å². The molecule has 0 spiro atoms. The number of ether oxygens (including phenoxy) is 1. The van der Waals surface area contributed by atoms with E-state index < -0.39 is 11.8 Å². The predicted octanol–water partition coefficient (Wildman–Crippen LogP) is 2.41. The van der Waals surface area contributed by atoms with Gasteiger partial charge in [0.25, 0.3) is 0 Å². The lowest BCUT2D eigenvalue weighted by Gasteiger charge is -2.20. The Bertz CT molecular complexity index is 440. The summed E-state index contributed by atoms with van der Waals surface area (Å²) < 4.78 is 18.5. The minimum absolute atomic E-state index is 0.00259.